The summed E-state index contributed by atoms with van der Waals surface area (Å²) in [6, 6.07) is 7.25. The van der Waals surface area contributed by atoms with E-state index in [4.69, 9.17) is 4.74 Å². The number of nitrogens with one attached hydrogen (secondary N) is 1. The van der Waals surface area contributed by atoms with E-state index in [0.717, 1.165) is 10.0 Å². The second-order valence-corrected chi connectivity index (χ2v) is 6.76. The van der Waals surface area contributed by atoms with Gasteiger partial charge < -0.3 is 9.84 Å². The van der Waals surface area contributed by atoms with E-state index in [1.807, 2.05) is 48.6 Å². The second kappa shape index (κ2) is 6.99. The van der Waals surface area contributed by atoms with Crippen molar-refractivity contribution in [1.82, 2.24) is 5.32 Å². The number of esters is 1. The molecule has 4 nitrogen and oxygen atoms in total. The molecule has 1 aliphatic heterocycles. The van der Waals surface area contributed by atoms with Crippen molar-refractivity contribution in [3.05, 3.63) is 58.6 Å². The zero-order chi connectivity index (χ0) is 16.4. The summed E-state index contributed by atoms with van der Waals surface area (Å²) in [4.78, 5) is 12.3. The lowest BCUT2D eigenvalue weighted by molar-refractivity contribution is -0.150. The number of fused-ring (bicyclic) bond motifs is 2. The van der Waals surface area contributed by atoms with E-state index in [2.05, 4.69) is 21.2 Å². The highest BCUT2D eigenvalue weighted by atomic mass is 79.9. The molecule has 0 unspecified atom stereocenters. The summed E-state index contributed by atoms with van der Waals surface area (Å²) in [6.07, 6.45) is 7.09. The van der Waals surface area contributed by atoms with Crippen LogP contribution in [0.15, 0.2) is 53.0 Å². The van der Waals surface area contributed by atoms with Gasteiger partial charge in [0.25, 0.3) is 0 Å². The second-order valence-electron chi connectivity index (χ2n) is 5.84. The highest BCUT2D eigenvalue weighted by molar-refractivity contribution is 9.10. The van der Waals surface area contributed by atoms with Gasteiger partial charge in [-0.2, -0.15) is 0 Å². The van der Waals surface area contributed by atoms with Crippen LogP contribution < -0.4 is 5.32 Å². The minimum absolute atomic E-state index is 0.0955. The van der Waals surface area contributed by atoms with Crippen molar-refractivity contribution in [3.8, 4) is 0 Å². The number of piperidine rings is 1. The lowest BCUT2D eigenvalue weighted by atomic mass is 9.76. The topological polar surface area (TPSA) is 58.6 Å². The van der Waals surface area contributed by atoms with E-state index in [-0.39, 0.29) is 23.8 Å². The summed E-state index contributed by atoms with van der Waals surface area (Å²) in [5.41, 5.74) is 1.04. The molecule has 1 heterocycles. The van der Waals surface area contributed by atoms with Crippen molar-refractivity contribution >= 4 is 21.9 Å². The average molecular weight is 378 g/mol. The van der Waals surface area contributed by atoms with E-state index < -0.39 is 12.1 Å². The number of benzene rings is 1. The smallest absolute Gasteiger partial charge is 0.323 e. The maximum Gasteiger partial charge on any atom is 0.323 e. The molecule has 2 aliphatic rings. The van der Waals surface area contributed by atoms with Gasteiger partial charge in [0.1, 0.15) is 6.04 Å². The molecule has 3 rings (SSSR count). The zero-order valence-electron chi connectivity index (χ0n) is 12.9. The maximum atomic E-state index is 12.3. The number of hydrogen-bond donors (Lipinski definition) is 2. The van der Waals surface area contributed by atoms with Crippen molar-refractivity contribution in [1.29, 1.82) is 0 Å². The van der Waals surface area contributed by atoms with Crippen LogP contribution >= 0.6 is 15.9 Å². The minimum atomic E-state index is -0.630. The summed E-state index contributed by atoms with van der Waals surface area (Å²) < 4.78 is 6.19. The Kier molecular flexibility index (Phi) is 4.99. The predicted octanol–water partition coefficient (Wildman–Crippen LogP) is 2.74. The van der Waals surface area contributed by atoms with Gasteiger partial charge in [-0.05, 0) is 24.6 Å². The SMILES string of the molecule is CCOC(=O)[C@H]1N[C@@H](c2ccc(Br)cc2)[C@H]2C=CC=C[C@@H]1[C@@H]2O. The van der Waals surface area contributed by atoms with Crippen LogP contribution in [-0.4, -0.2) is 29.8 Å². The Labute approximate surface area is 144 Å². The molecule has 1 aromatic rings. The first kappa shape index (κ1) is 16.4. The third-order valence-electron chi connectivity index (χ3n) is 4.47. The van der Waals surface area contributed by atoms with Crippen LogP contribution in [0.2, 0.25) is 0 Å². The number of rotatable bonds is 3. The van der Waals surface area contributed by atoms with Gasteiger partial charge in [0.05, 0.1) is 12.7 Å². The van der Waals surface area contributed by atoms with E-state index in [0.29, 0.717) is 6.61 Å². The van der Waals surface area contributed by atoms with Gasteiger partial charge in [-0.25, -0.2) is 0 Å². The van der Waals surface area contributed by atoms with Gasteiger partial charge in [-0.1, -0.05) is 52.4 Å². The number of halogens is 1. The van der Waals surface area contributed by atoms with Crippen LogP contribution in [0, 0.1) is 11.8 Å². The summed E-state index contributed by atoms with van der Waals surface area (Å²) in [7, 11) is 0. The molecule has 0 saturated carbocycles. The first-order valence-electron chi connectivity index (χ1n) is 7.83. The standard InChI is InChI=1S/C18H20BrNO3/c1-2-23-18(22)16-14-6-4-3-5-13(17(14)21)15(20-16)11-7-9-12(19)10-8-11/h3-10,13-17,20-21H,2H2,1H3/t13-,14+,15+,16+,17-/m1/s1. The largest absolute Gasteiger partial charge is 0.465 e. The number of carbonyl (C=O) groups excluding carboxylic acids is 1. The third-order valence-corrected chi connectivity index (χ3v) is 4.99. The molecule has 1 aliphatic carbocycles. The molecule has 0 amide bonds. The van der Waals surface area contributed by atoms with E-state index in [1.54, 1.807) is 6.92 Å². The van der Waals surface area contributed by atoms with Crippen LogP contribution in [0.25, 0.3) is 0 Å². The highest BCUT2D eigenvalue weighted by Gasteiger charge is 2.45. The average Bonchev–Trinajstić information content (AvgIpc) is 2.66. The molecule has 2 bridgehead atoms. The third kappa shape index (κ3) is 3.27. The number of allylic oxidation sites excluding steroid dienone is 2. The van der Waals surface area contributed by atoms with Crippen molar-refractivity contribution in [2.24, 2.45) is 11.8 Å². The highest BCUT2D eigenvalue weighted by Crippen LogP contribution is 2.38. The Morgan fingerprint density at radius 1 is 1.22 bits per heavy atom. The van der Waals surface area contributed by atoms with Crippen molar-refractivity contribution in [2.45, 2.75) is 25.1 Å². The zero-order valence-corrected chi connectivity index (χ0v) is 14.4. The first-order valence-corrected chi connectivity index (χ1v) is 8.62. The summed E-state index contributed by atoms with van der Waals surface area (Å²) >= 11 is 3.43. The number of aliphatic hydroxyl groups is 1. The Morgan fingerprint density at radius 2 is 1.87 bits per heavy atom. The molecule has 1 aromatic carbocycles. The Bertz CT molecular complexity index is 626. The fraction of sp³-hybridized carbons (Fsp3) is 0.389. The van der Waals surface area contributed by atoms with Crippen LogP contribution in [0.4, 0.5) is 0 Å². The van der Waals surface area contributed by atoms with Gasteiger partial charge in [0.2, 0.25) is 0 Å². The van der Waals surface area contributed by atoms with E-state index in [1.165, 1.54) is 0 Å². The number of ether oxygens (including phenoxy) is 1. The van der Waals surface area contributed by atoms with E-state index >= 15 is 0 Å². The van der Waals surface area contributed by atoms with Gasteiger partial charge in [0, 0.05) is 22.4 Å². The minimum Gasteiger partial charge on any atom is -0.465 e. The first-order chi connectivity index (χ1) is 11.1. The molecule has 23 heavy (non-hydrogen) atoms. The van der Waals surface area contributed by atoms with Crippen LogP contribution in [0.1, 0.15) is 18.5 Å². The maximum absolute atomic E-state index is 12.3. The molecular weight excluding hydrogens is 358 g/mol. The predicted molar refractivity (Wildman–Crippen MR) is 91.7 cm³/mol. The van der Waals surface area contributed by atoms with Crippen LogP contribution in [-0.2, 0) is 9.53 Å². The monoisotopic (exact) mass is 377 g/mol. The quantitative estimate of drug-likeness (QED) is 0.795. The molecule has 122 valence electrons. The van der Waals surface area contributed by atoms with Crippen molar-refractivity contribution < 1.29 is 14.6 Å². The van der Waals surface area contributed by atoms with Gasteiger partial charge in [0.15, 0.2) is 0 Å². The van der Waals surface area contributed by atoms with Gasteiger partial charge in [-0.3, -0.25) is 10.1 Å². The Hall–Kier alpha value is -1.43. The Morgan fingerprint density at radius 3 is 2.52 bits per heavy atom. The van der Waals surface area contributed by atoms with Crippen LogP contribution in [0.5, 0.6) is 0 Å². The molecule has 0 aromatic heterocycles. The molecule has 2 N–H and O–H groups in total. The molecule has 1 fully saturated rings. The normalized spacial score (nSPS) is 32.4. The molecule has 0 spiro atoms. The summed E-state index contributed by atoms with van der Waals surface area (Å²) in [6.45, 7) is 2.12. The van der Waals surface area contributed by atoms with Gasteiger partial charge in [-0.15, -0.1) is 0 Å². The molecular formula is C18H20BrNO3. The number of carbonyl (C=O) groups is 1. The number of hydrogen-bond acceptors (Lipinski definition) is 4. The molecule has 0 radical (unpaired) electrons. The molecule has 5 heteroatoms. The molecule has 1 saturated heterocycles. The molecule has 5 atom stereocenters. The fourth-order valence-corrected chi connectivity index (χ4v) is 3.61. The Balaban J connectivity index is 1.95. The number of aliphatic hydroxyl groups excluding tert-OH is 1. The van der Waals surface area contributed by atoms with E-state index in [9.17, 15) is 9.90 Å². The van der Waals surface area contributed by atoms with Gasteiger partial charge >= 0.3 is 5.97 Å². The van der Waals surface area contributed by atoms with Crippen LogP contribution in [0.3, 0.4) is 0 Å². The summed E-state index contributed by atoms with van der Waals surface area (Å²) in [5.74, 6) is -0.703. The lowest BCUT2D eigenvalue weighted by Crippen LogP contribution is -2.57. The lowest BCUT2D eigenvalue weighted by Gasteiger charge is -2.42. The van der Waals surface area contributed by atoms with Crippen molar-refractivity contribution in [3.63, 3.8) is 0 Å². The fourth-order valence-electron chi connectivity index (χ4n) is 3.35. The van der Waals surface area contributed by atoms with Crippen molar-refractivity contribution in [2.75, 3.05) is 6.61 Å². The summed E-state index contributed by atoms with van der Waals surface area (Å²) in [5, 5.41) is 14.2.